The third-order valence-corrected chi connectivity index (χ3v) is 7.19. The van der Waals surface area contributed by atoms with Gasteiger partial charge in [0.2, 0.25) is 0 Å². The van der Waals surface area contributed by atoms with Gasteiger partial charge in [-0.2, -0.15) is 9.49 Å². The number of H-pyrrole nitrogens is 2. The number of rotatable bonds is 10. The molecule has 0 unspecified atom stereocenters. The zero-order chi connectivity index (χ0) is 28.6. The van der Waals surface area contributed by atoms with Crippen molar-refractivity contribution in [3.8, 4) is 22.6 Å². The van der Waals surface area contributed by atoms with Crippen LogP contribution in [-0.4, -0.2) is 25.1 Å². The van der Waals surface area contributed by atoms with E-state index in [2.05, 4.69) is 45.6 Å². The minimum absolute atomic E-state index is 0.225. The predicted molar refractivity (Wildman–Crippen MR) is 167 cm³/mol. The van der Waals surface area contributed by atoms with Gasteiger partial charge in [-0.3, -0.25) is 10.1 Å². The number of fused-ring (bicyclic) bond motifs is 1. The Morgan fingerprint density at radius 1 is 1.15 bits per heavy atom. The molecule has 0 aliphatic heterocycles. The van der Waals surface area contributed by atoms with Gasteiger partial charge in [0.25, 0.3) is 0 Å². The van der Waals surface area contributed by atoms with Crippen LogP contribution in [0.5, 0.6) is 0 Å². The van der Waals surface area contributed by atoms with E-state index in [4.69, 9.17) is 4.98 Å². The summed E-state index contributed by atoms with van der Waals surface area (Å²) in [4.78, 5) is 13.6. The molecule has 0 saturated heterocycles. The van der Waals surface area contributed by atoms with Crippen molar-refractivity contribution in [1.82, 2.24) is 25.1 Å². The molecular formula is C32H35FN6S. The lowest BCUT2D eigenvalue weighted by molar-refractivity contribution is 0.657. The van der Waals surface area contributed by atoms with Crippen LogP contribution in [-0.2, 0) is 0 Å². The van der Waals surface area contributed by atoms with Crippen LogP contribution < -0.4 is 5.32 Å². The lowest BCUT2D eigenvalue weighted by Crippen LogP contribution is -1.99. The van der Waals surface area contributed by atoms with Crippen LogP contribution in [0, 0.1) is 12.1 Å². The van der Waals surface area contributed by atoms with E-state index in [1.54, 1.807) is 24.5 Å². The first-order chi connectivity index (χ1) is 19.5. The quantitative estimate of drug-likeness (QED) is 0.150. The zero-order valence-corrected chi connectivity index (χ0v) is 24.3. The van der Waals surface area contributed by atoms with Gasteiger partial charge < -0.3 is 10.3 Å². The highest BCUT2D eigenvalue weighted by Gasteiger charge is 2.18. The van der Waals surface area contributed by atoms with Crippen LogP contribution in [0.25, 0.3) is 39.3 Å². The second-order valence-electron chi connectivity index (χ2n) is 9.10. The minimum Gasteiger partial charge on any atom is -0.358 e. The molecule has 3 N–H and O–H groups in total. The SMILES string of the molecule is C=C/C=C(/c1ccc(F)s1)c1cc(-c2n[nH]c3ccc(-c4cncc(NC(=C)CCCC)c4)nc23)[nH]c1C.CC. The fourth-order valence-corrected chi connectivity index (χ4v) is 5.17. The van der Waals surface area contributed by atoms with Crippen molar-refractivity contribution >= 4 is 33.6 Å². The van der Waals surface area contributed by atoms with E-state index < -0.39 is 0 Å². The maximum absolute atomic E-state index is 13.8. The van der Waals surface area contributed by atoms with Gasteiger partial charge in [-0.05, 0) is 56.2 Å². The van der Waals surface area contributed by atoms with Crippen molar-refractivity contribution in [3.05, 3.63) is 101 Å². The fraction of sp³-hybridized carbons (Fsp3) is 0.219. The maximum atomic E-state index is 13.8. The molecule has 5 heterocycles. The van der Waals surface area contributed by atoms with Gasteiger partial charge in [0.15, 0.2) is 5.13 Å². The summed E-state index contributed by atoms with van der Waals surface area (Å²) in [7, 11) is 0. The van der Waals surface area contributed by atoms with Gasteiger partial charge in [0.1, 0.15) is 11.2 Å². The molecule has 0 fully saturated rings. The molecule has 6 nitrogen and oxygen atoms in total. The molecule has 0 aromatic carbocycles. The molecule has 5 aromatic heterocycles. The molecule has 5 rings (SSSR count). The number of pyridine rings is 2. The summed E-state index contributed by atoms with van der Waals surface area (Å²) in [5.74, 6) is 0. The van der Waals surface area contributed by atoms with Crippen molar-refractivity contribution in [2.24, 2.45) is 0 Å². The molecule has 40 heavy (non-hydrogen) atoms. The third-order valence-electron chi connectivity index (χ3n) is 6.28. The Kier molecular flexibility index (Phi) is 9.45. The summed E-state index contributed by atoms with van der Waals surface area (Å²) in [6.45, 7) is 16.1. The van der Waals surface area contributed by atoms with E-state index in [-0.39, 0.29) is 5.13 Å². The summed E-state index contributed by atoms with van der Waals surface area (Å²) in [5.41, 5.74) is 9.45. The van der Waals surface area contributed by atoms with Gasteiger partial charge >= 0.3 is 0 Å². The number of hydrogen-bond donors (Lipinski definition) is 3. The first-order valence-corrected chi connectivity index (χ1v) is 14.3. The van der Waals surface area contributed by atoms with Crippen molar-refractivity contribution in [3.63, 3.8) is 0 Å². The number of unbranched alkanes of at least 4 members (excludes halogenated alkanes) is 1. The van der Waals surface area contributed by atoms with Crippen molar-refractivity contribution < 1.29 is 4.39 Å². The Balaban J connectivity index is 0.00000181. The first kappa shape index (κ1) is 28.7. The highest BCUT2D eigenvalue weighted by atomic mass is 32.1. The average Bonchev–Trinajstić information content (AvgIpc) is 3.69. The van der Waals surface area contributed by atoms with Crippen LogP contribution in [0.4, 0.5) is 10.1 Å². The molecule has 0 radical (unpaired) electrons. The number of thiophene rings is 1. The molecule has 0 aliphatic rings. The smallest absolute Gasteiger partial charge is 0.176 e. The summed E-state index contributed by atoms with van der Waals surface area (Å²) < 4.78 is 13.8. The number of allylic oxidation sites excluding steroid dienone is 3. The van der Waals surface area contributed by atoms with Gasteiger partial charge in [-0.25, -0.2) is 4.98 Å². The monoisotopic (exact) mass is 554 g/mol. The van der Waals surface area contributed by atoms with E-state index in [0.717, 1.165) is 91.7 Å². The maximum Gasteiger partial charge on any atom is 0.176 e. The minimum atomic E-state index is -0.225. The largest absolute Gasteiger partial charge is 0.358 e. The number of aromatic amines is 2. The number of anilines is 1. The topological polar surface area (TPSA) is 82.3 Å². The Hall–Kier alpha value is -4.30. The van der Waals surface area contributed by atoms with Crippen LogP contribution in [0.3, 0.4) is 0 Å². The molecule has 0 saturated carbocycles. The fourth-order valence-electron chi connectivity index (χ4n) is 4.40. The highest BCUT2D eigenvalue weighted by molar-refractivity contribution is 7.11. The van der Waals surface area contributed by atoms with Gasteiger partial charge in [0, 0.05) is 39.2 Å². The summed E-state index contributed by atoms with van der Waals surface area (Å²) in [6, 6.07) is 11.3. The summed E-state index contributed by atoms with van der Waals surface area (Å²) in [6.07, 6.45) is 10.3. The Bertz CT molecular complexity index is 1650. The third kappa shape index (κ3) is 6.29. The second kappa shape index (κ2) is 13.2. The lowest BCUT2D eigenvalue weighted by atomic mass is 10.0. The standard InChI is InChI=1S/C30H29FN6S.C2H6/c1-5-7-9-18(3)33-21-14-20(16-32-17-21)24-10-11-25-29(35-24)30(37-36-25)26-15-23(19(4)34-26)22(8-6-2)27-12-13-28(31)38-27;1-2/h6,8,10-17,33-34H,2-3,5,7,9H2,1,4H3,(H,36,37);1-2H3/b22-8+;. The summed E-state index contributed by atoms with van der Waals surface area (Å²) >= 11 is 1.11. The number of hydrogen-bond acceptors (Lipinski definition) is 5. The second-order valence-corrected chi connectivity index (χ2v) is 10.1. The molecule has 0 amide bonds. The van der Waals surface area contributed by atoms with Crippen molar-refractivity contribution in [1.29, 1.82) is 0 Å². The molecule has 0 atom stereocenters. The van der Waals surface area contributed by atoms with E-state index in [0.29, 0.717) is 5.69 Å². The molecule has 0 bridgehead atoms. The Labute approximate surface area is 238 Å². The summed E-state index contributed by atoms with van der Waals surface area (Å²) in [5, 5.41) is 10.8. The van der Waals surface area contributed by atoms with Crippen LogP contribution in [0.1, 0.15) is 56.2 Å². The number of aromatic nitrogens is 5. The van der Waals surface area contributed by atoms with Crippen LogP contribution in [0.15, 0.2) is 79.8 Å². The van der Waals surface area contributed by atoms with Gasteiger partial charge in [-0.15, -0.1) is 11.3 Å². The Morgan fingerprint density at radius 2 is 1.98 bits per heavy atom. The number of nitrogens with one attached hydrogen (secondary N) is 3. The molecule has 0 spiro atoms. The van der Waals surface area contributed by atoms with E-state index >= 15 is 0 Å². The van der Waals surface area contributed by atoms with Crippen molar-refractivity contribution in [2.75, 3.05) is 5.32 Å². The molecular weight excluding hydrogens is 519 g/mol. The molecule has 206 valence electrons. The van der Waals surface area contributed by atoms with Crippen molar-refractivity contribution in [2.45, 2.75) is 47.0 Å². The number of nitrogens with zero attached hydrogens (tertiary/aromatic N) is 3. The molecule has 8 heteroatoms. The molecule has 5 aromatic rings. The average molecular weight is 555 g/mol. The van der Waals surface area contributed by atoms with E-state index in [1.165, 1.54) is 6.07 Å². The predicted octanol–water partition coefficient (Wildman–Crippen LogP) is 9.28. The van der Waals surface area contributed by atoms with Crippen LogP contribution in [0.2, 0.25) is 0 Å². The highest BCUT2D eigenvalue weighted by Crippen LogP contribution is 2.35. The van der Waals surface area contributed by atoms with E-state index in [9.17, 15) is 4.39 Å². The first-order valence-electron chi connectivity index (χ1n) is 13.5. The zero-order valence-electron chi connectivity index (χ0n) is 23.4. The van der Waals surface area contributed by atoms with E-state index in [1.807, 2.05) is 51.1 Å². The van der Waals surface area contributed by atoms with Gasteiger partial charge in [-0.1, -0.05) is 52.5 Å². The Morgan fingerprint density at radius 3 is 2.70 bits per heavy atom. The molecule has 0 aliphatic carbocycles. The lowest BCUT2D eigenvalue weighted by Gasteiger charge is -2.10. The van der Waals surface area contributed by atoms with Crippen LogP contribution >= 0.6 is 11.3 Å². The number of halogens is 1. The number of aryl methyl sites for hydroxylation is 1. The van der Waals surface area contributed by atoms with Gasteiger partial charge in [0.05, 0.1) is 28.8 Å². The normalized spacial score (nSPS) is 11.3.